The van der Waals surface area contributed by atoms with Gasteiger partial charge in [-0.2, -0.15) is 0 Å². The fourth-order valence-corrected chi connectivity index (χ4v) is 1.31. The van der Waals surface area contributed by atoms with Gasteiger partial charge in [-0.05, 0) is 12.8 Å². The van der Waals surface area contributed by atoms with Crippen molar-refractivity contribution in [1.29, 1.82) is 0 Å². The Morgan fingerprint density at radius 3 is 2.67 bits per heavy atom. The molecule has 2 nitrogen and oxygen atoms in total. The average molecular weight is 166 g/mol. The zero-order valence-electron chi connectivity index (χ0n) is 7.70. The van der Waals surface area contributed by atoms with E-state index in [1.54, 1.807) is 0 Å². The van der Waals surface area contributed by atoms with Gasteiger partial charge in [0, 0.05) is 0 Å². The molecule has 2 unspecified atom stereocenters. The van der Waals surface area contributed by atoms with Crippen LogP contribution >= 0.6 is 0 Å². The second-order valence-electron chi connectivity index (χ2n) is 3.31. The third-order valence-corrected chi connectivity index (χ3v) is 2.52. The largest absolute Gasteiger partial charge is 0.468 e. The molecule has 0 amide bonds. The SMILES string of the molecule is COC(=O)C1(C)C=CC=CC1C. The van der Waals surface area contributed by atoms with Crippen LogP contribution in [0.3, 0.4) is 0 Å². The van der Waals surface area contributed by atoms with Crippen molar-refractivity contribution in [2.24, 2.45) is 11.3 Å². The van der Waals surface area contributed by atoms with Gasteiger partial charge in [-0.1, -0.05) is 31.2 Å². The van der Waals surface area contributed by atoms with Crippen molar-refractivity contribution in [2.45, 2.75) is 13.8 Å². The smallest absolute Gasteiger partial charge is 0.315 e. The normalized spacial score (nSPS) is 33.4. The highest BCUT2D eigenvalue weighted by Crippen LogP contribution is 2.33. The van der Waals surface area contributed by atoms with E-state index in [-0.39, 0.29) is 11.9 Å². The van der Waals surface area contributed by atoms with Crippen LogP contribution in [0.2, 0.25) is 0 Å². The lowest BCUT2D eigenvalue weighted by Crippen LogP contribution is -2.33. The van der Waals surface area contributed by atoms with E-state index in [0.29, 0.717) is 0 Å². The van der Waals surface area contributed by atoms with Crippen molar-refractivity contribution < 1.29 is 9.53 Å². The standard InChI is InChI=1S/C10H14O2/c1-8-6-4-5-7-10(8,2)9(11)12-3/h4-8H,1-3H3. The molecule has 0 aromatic heterocycles. The predicted octanol–water partition coefficient (Wildman–Crippen LogP) is 1.93. The highest BCUT2D eigenvalue weighted by atomic mass is 16.5. The van der Waals surface area contributed by atoms with Gasteiger partial charge in [0.15, 0.2) is 0 Å². The lowest BCUT2D eigenvalue weighted by molar-refractivity contribution is -0.150. The third-order valence-electron chi connectivity index (χ3n) is 2.52. The molecular formula is C10H14O2. The number of rotatable bonds is 1. The average Bonchev–Trinajstić information content (AvgIpc) is 2.09. The minimum atomic E-state index is -0.483. The molecule has 0 heterocycles. The fourth-order valence-electron chi connectivity index (χ4n) is 1.31. The zero-order valence-corrected chi connectivity index (χ0v) is 7.70. The fraction of sp³-hybridized carbons (Fsp3) is 0.500. The number of carbonyl (C=O) groups excluding carboxylic acids is 1. The van der Waals surface area contributed by atoms with Gasteiger partial charge in [-0.25, -0.2) is 0 Å². The summed E-state index contributed by atoms with van der Waals surface area (Å²) in [6, 6.07) is 0. The summed E-state index contributed by atoms with van der Waals surface area (Å²) >= 11 is 0. The number of carbonyl (C=O) groups is 1. The summed E-state index contributed by atoms with van der Waals surface area (Å²) in [6.07, 6.45) is 7.74. The number of methoxy groups -OCH3 is 1. The summed E-state index contributed by atoms with van der Waals surface area (Å²) in [7, 11) is 1.42. The van der Waals surface area contributed by atoms with E-state index in [1.165, 1.54) is 7.11 Å². The van der Waals surface area contributed by atoms with E-state index >= 15 is 0 Å². The summed E-state index contributed by atoms with van der Waals surface area (Å²) in [5.41, 5.74) is -0.483. The Balaban J connectivity index is 2.90. The van der Waals surface area contributed by atoms with Crippen molar-refractivity contribution in [2.75, 3.05) is 7.11 Å². The molecule has 0 aromatic rings. The monoisotopic (exact) mass is 166 g/mol. The maximum Gasteiger partial charge on any atom is 0.315 e. The molecule has 0 radical (unpaired) electrons. The van der Waals surface area contributed by atoms with Gasteiger partial charge in [0.2, 0.25) is 0 Å². The topological polar surface area (TPSA) is 26.3 Å². The molecule has 1 aliphatic rings. The zero-order chi connectivity index (χ0) is 9.19. The van der Waals surface area contributed by atoms with Crippen LogP contribution in [0.4, 0.5) is 0 Å². The van der Waals surface area contributed by atoms with Crippen LogP contribution in [0.25, 0.3) is 0 Å². The first kappa shape index (κ1) is 9.04. The van der Waals surface area contributed by atoms with Crippen molar-refractivity contribution >= 4 is 5.97 Å². The van der Waals surface area contributed by atoms with Crippen LogP contribution in [-0.2, 0) is 9.53 Å². The minimum Gasteiger partial charge on any atom is -0.468 e. The Labute approximate surface area is 72.9 Å². The van der Waals surface area contributed by atoms with Crippen molar-refractivity contribution in [3.63, 3.8) is 0 Å². The highest BCUT2D eigenvalue weighted by molar-refractivity contribution is 5.79. The Morgan fingerprint density at radius 1 is 1.50 bits per heavy atom. The van der Waals surface area contributed by atoms with Crippen molar-refractivity contribution in [3.8, 4) is 0 Å². The molecule has 1 rings (SSSR count). The minimum absolute atomic E-state index is 0.171. The Kier molecular flexibility index (Phi) is 2.36. The van der Waals surface area contributed by atoms with Gasteiger partial charge in [0.1, 0.15) is 0 Å². The third kappa shape index (κ3) is 1.29. The molecule has 1 aliphatic carbocycles. The molecule has 0 spiro atoms. The van der Waals surface area contributed by atoms with Crippen LogP contribution in [0.1, 0.15) is 13.8 Å². The lowest BCUT2D eigenvalue weighted by atomic mass is 9.75. The highest BCUT2D eigenvalue weighted by Gasteiger charge is 2.37. The molecule has 2 heteroatoms. The summed E-state index contributed by atoms with van der Waals surface area (Å²) in [5.74, 6) is 0.0329. The summed E-state index contributed by atoms with van der Waals surface area (Å²) in [6.45, 7) is 3.90. The first-order valence-corrected chi connectivity index (χ1v) is 4.05. The molecule has 0 aliphatic heterocycles. The quantitative estimate of drug-likeness (QED) is 0.556. The number of allylic oxidation sites excluding steroid dienone is 3. The molecular weight excluding hydrogens is 152 g/mol. The number of hydrogen-bond donors (Lipinski definition) is 0. The molecule has 0 saturated heterocycles. The summed E-state index contributed by atoms with van der Waals surface area (Å²) in [4.78, 5) is 11.4. The lowest BCUT2D eigenvalue weighted by Gasteiger charge is -2.29. The van der Waals surface area contributed by atoms with Crippen LogP contribution < -0.4 is 0 Å². The Bertz CT molecular complexity index is 240. The van der Waals surface area contributed by atoms with Crippen molar-refractivity contribution in [1.82, 2.24) is 0 Å². The van der Waals surface area contributed by atoms with Crippen LogP contribution in [0.5, 0.6) is 0 Å². The number of esters is 1. The number of ether oxygens (including phenoxy) is 1. The Morgan fingerprint density at radius 2 is 2.17 bits per heavy atom. The van der Waals surface area contributed by atoms with Gasteiger partial charge < -0.3 is 4.74 Å². The molecule has 2 atom stereocenters. The second kappa shape index (κ2) is 3.13. The molecule has 0 bridgehead atoms. The van der Waals surface area contributed by atoms with Gasteiger partial charge in [0.05, 0.1) is 12.5 Å². The van der Waals surface area contributed by atoms with Crippen LogP contribution in [0, 0.1) is 11.3 Å². The second-order valence-corrected chi connectivity index (χ2v) is 3.31. The van der Waals surface area contributed by atoms with Crippen LogP contribution in [0.15, 0.2) is 24.3 Å². The Hall–Kier alpha value is -1.05. The van der Waals surface area contributed by atoms with E-state index in [0.717, 1.165) is 0 Å². The predicted molar refractivity (Wildman–Crippen MR) is 47.6 cm³/mol. The van der Waals surface area contributed by atoms with Gasteiger partial charge in [-0.3, -0.25) is 4.79 Å². The number of hydrogen-bond acceptors (Lipinski definition) is 2. The van der Waals surface area contributed by atoms with Gasteiger partial charge in [-0.15, -0.1) is 0 Å². The first-order valence-electron chi connectivity index (χ1n) is 4.05. The molecule has 0 aromatic carbocycles. The summed E-state index contributed by atoms with van der Waals surface area (Å²) < 4.78 is 4.74. The van der Waals surface area contributed by atoms with Crippen molar-refractivity contribution in [3.05, 3.63) is 24.3 Å². The maximum atomic E-state index is 11.4. The van der Waals surface area contributed by atoms with E-state index < -0.39 is 5.41 Å². The molecule has 12 heavy (non-hydrogen) atoms. The van der Waals surface area contributed by atoms with E-state index in [9.17, 15) is 4.79 Å². The van der Waals surface area contributed by atoms with Crippen LogP contribution in [-0.4, -0.2) is 13.1 Å². The van der Waals surface area contributed by atoms with E-state index in [1.807, 2.05) is 38.2 Å². The molecule has 0 saturated carbocycles. The summed E-state index contributed by atoms with van der Waals surface area (Å²) in [5, 5.41) is 0. The van der Waals surface area contributed by atoms with Gasteiger partial charge in [0.25, 0.3) is 0 Å². The molecule has 0 N–H and O–H groups in total. The van der Waals surface area contributed by atoms with E-state index in [2.05, 4.69) is 0 Å². The first-order chi connectivity index (χ1) is 5.61. The molecule has 66 valence electrons. The van der Waals surface area contributed by atoms with E-state index in [4.69, 9.17) is 4.74 Å². The van der Waals surface area contributed by atoms with Gasteiger partial charge >= 0.3 is 5.97 Å². The maximum absolute atomic E-state index is 11.4. The molecule has 0 fully saturated rings.